The molecular weight excluding hydrogens is 351 g/mol. The van der Waals surface area contributed by atoms with Crippen LogP contribution in [0.25, 0.3) is 0 Å². The van der Waals surface area contributed by atoms with Crippen LogP contribution in [0.2, 0.25) is 0 Å². The van der Waals surface area contributed by atoms with E-state index >= 15 is 0 Å². The minimum absolute atomic E-state index is 0.0909. The molecule has 2 aromatic carbocycles. The zero-order valence-corrected chi connectivity index (χ0v) is 15.5. The minimum atomic E-state index is -0.860. The van der Waals surface area contributed by atoms with Crippen molar-refractivity contribution in [1.82, 2.24) is 10.6 Å². The molecule has 1 amide bonds. The van der Waals surface area contributed by atoms with E-state index in [9.17, 15) is 14.0 Å². The number of carbonyl (C=O) groups excluding carboxylic acids is 2. The molecule has 0 aromatic heterocycles. The van der Waals surface area contributed by atoms with Gasteiger partial charge in [-0.05, 0) is 41.8 Å². The molecule has 0 unspecified atom stereocenters. The molecule has 1 atom stereocenters. The SMILES string of the molecule is COC(=O)[C@@H](NCC(=O)NCc1ccc(OC)cc1)c1ccc(F)c(C)c1. The number of halogens is 1. The molecule has 0 saturated carbocycles. The average Bonchev–Trinajstić information content (AvgIpc) is 2.69. The number of methoxy groups -OCH3 is 2. The van der Waals surface area contributed by atoms with Crippen LogP contribution in [0, 0.1) is 12.7 Å². The second kappa shape index (κ2) is 9.68. The average molecular weight is 374 g/mol. The molecule has 2 rings (SSSR count). The molecule has 0 radical (unpaired) electrons. The summed E-state index contributed by atoms with van der Waals surface area (Å²) in [6.07, 6.45) is 0. The lowest BCUT2D eigenvalue weighted by atomic mass is 10.0. The molecular formula is C20H23FN2O4. The number of hydrogen-bond acceptors (Lipinski definition) is 5. The van der Waals surface area contributed by atoms with Gasteiger partial charge in [-0.15, -0.1) is 0 Å². The molecule has 144 valence electrons. The number of ether oxygens (including phenoxy) is 2. The largest absolute Gasteiger partial charge is 0.497 e. The number of amides is 1. The van der Waals surface area contributed by atoms with Crippen molar-refractivity contribution in [1.29, 1.82) is 0 Å². The number of aryl methyl sites for hydroxylation is 1. The maximum absolute atomic E-state index is 13.5. The topological polar surface area (TPSA) is 76.7 Å². The summed E-state index contributed by atoms with van der Waals surface area (Å²) in [6.45, 7) is 1.87. The lowest BCUT2D eigenvalue weighted by Crippen LogP contribution is -2.38. The fraction of sp³-hybridized carbons (Fsp3) is 0.300. The second-order valence-corrected chi connectivity index (χ2v) is 5.97. The van der Waals surface area contributed by atoms with E-state index in [1.807, 2.05) is 24.3 Å². The first-order valence-corrected chi connectivity index (χ1v) is 8.41. The number of hydrogen-bond donors (Lipinski definition) is 2. The number of benzene rings is 2. The Kier molecular flexibility index (Phi) is 7.31. The molecule has 0 heterocycles. The Morgan fingerprint density at radius 3 is 2.41 bits per heavy atom. The monoisotopic (exact) mass is 374 g/mol. The molecule has 6 nitrogen and oxygen atoms in total. The van der Waals surface area contributed by atoms with Gasteiger partial charge in [0.25, 0.3) is 0 Å². The Morgan fingerprint density at radius 1 is 1.11 bits per heavy atom. The molecule has 2 N–H and O–H groups in total. The Morgan fingerprint density at radius 2 is 1.81 bits per heavy atom. The van der Waals surface area contributed by atoms with E-state index in [-0.39, 0.29) is 18.3 Å². The normalized spacial score (nSPS) is 11.6. The zero-order valence-electron chi connectivity index (χ0n) is 15.5. The molecule has 0 aliphatic heterocycles. The molecule has 7 heteroatoms. The lowest BCUT2D eigenvalue weighted by Gasteiger charge is -2.17. The summed E-state index contributed by atoms with van der Waals surface area (Å²) in [7, 11) is 2.85. The number of nitrogens with one attached hydrogen (secondary N) is 2. The Labute approximate surface area is 157 Å². The third-order valence-corrected chi connectivity index (χ3v) is 4.07. The van der Waals surface area contributed by atoms with Crippen molar-refractivity contribution in [3.05, 3.63) is 65.0 Å². The molecule has 0 aliphatic rings. The summed E-state index contributed by atoms with van der Waals surface area (Å²) in [5.74, 6) is -0.454. The Bertz CT molecular complexity index is 793. The highest BCUT2D eigenvalue weighted by molar-refractivity contribution is 5.81. The first-order valence-electron chi connectivity index (χ1n) is 8.41. The maximum Gasteiger partial charge on any atom is 0.327 e. The maximum atomic E-state index is 13.5. The van der Waals surface area contributed by atoms with Gasteiger partial charge >= 0.3 is 5.97 Å². The van der Waals surface area contributed by atoms with E-state index in [0.717, 1.165) is 11.3 Å². The first kappa shape index (κ1) is 20.4. The van der Waals surface area contributed by atoms with Gasteiger partial charge in [-0.25, -0.2) is 9.18 Å². The van der Waals surface area contributed by atoms with Crippen LogP contribution >= 0.6 is 0 Å². The first-order chi connectivity index (χ1) is 12.9. The molecule has 0 spiro atoms. The van der Waals surface area contributed by atoms with Crippen LogP contribution in [0.3, 0.4) is 0 Å². The second-order valence-electron chi connectivity index (χ2n) is 5.97. The van der Waals surface area contributed by atoms with Crippen molar-refractivity contribution in [3.63, 3.8) is 0 Å². The summed E-state index contributed by atoms with van der Waals surface area (Å²) >= 11 is 0. The van der Waals surface area contributed by atoms with Crippen molar-refractivity contribution < 1.29 is 23.5 Å². The Hall–Kier alpha value is -2.93. The van der Waals surface area contributed by atoms with Gasteiger partial charge in [0.05, 0.1) is 20.8 Å². The van der Waals surface area contributed by atoms with Crippen LogP contribution in [-0.2, 0) is 20.9 Å². The summed E-state index contributed by atoms with van der Waals surface area (Å²) in [5, 5.41) is 5.62. The van der Waals surface area contributed by atoms with Gasteiger partial charge < -0.3 is 14.8 Å². The summed E-state index contributed by atoms with van der Waals surface area (Å²) in [6, 6.07) is 10.8. The van der Waals surface area contributed by atoms with Crippen molar-refractivity contribution in [2.45, 2.75) is 19.5 Å². The number of rotatable bonds is 8. The molecule has 0 aliphatic carbocycles. The predicted octanol–water partition coefficient (Wildman–Crippen LogP) is 2.26. The van der Waals surface area contributed by atoms with Crippen molar-refractivity contribution in [2.75, 3.05) is 20.8 Å². The molecule has 0 fully saturated rings. The van der Waals surface area contributed by atoms with Crippen molar-refractivity contribution in [2.24, 2.45) is 0 Å². The minimum Gasteiger partial charge on any atom is -0.497 e. The van der Waals surface area contributed by atoms with Crippen LogP contribution in [0.4, 0.5) is 4.39 Å². The van der Waals surface area contributed by atoms with Crippen molar-refractivity contribution in [3.8, 4) is 5.75 Å². The molecule has 27 heavy (non-hydrogen) atoms. The van der Waals surface area contributed by atoms with Crippen LogP contribution in [-0.4, -0.2) is 32.6 Å². The fourth-order valence-electron chi connectivity index (χ4n) is 2.50. The molecule has 0 bridgehead atoms. The van der Waals surface area contributed by atoms with Gasteiger partial charge in [0, 0.05) is 6.54 Å². The van der Waals surface area contributed by atoms with Gasteiger partial charge in [-0.1, -0.05) is 24.3 Å². The van der Waals surface area contributed by atoms with E-state index in [4.69, 9.17) is 9.47 Å². The van der Waals surface area contributed by atoms with Gasteiger partial charge in [-0.2, -0.15) is 0 Å². The van der Waals surface area contributed by atoms with Gasteiger partial charge in [0.15, 0.2) is 0 Å². The van der Waals surface area contributed by atoms with Crippen LogP contribution in [0.5, 0.6) is 5.75 Å². The van der Waals surface area contributed by atoms with E-state index < -0.39 is 12.0 Å². The highest BCUT2D eigenvalue weighted by Crippen LogP contribution is 2.18. The third-order valence-electron chi connectivity index (χ3n) is 4.07. The van der Waals surface area contributed by atoms with Crippen LogP contribution in [0.15, 0.2) is 42.5 Å². The van der Waals surface area contributed by atoms with Crippen LogP contribution < -0.4 is 15.4 Å². The standard InChI is InChI=1S/C20H23FN2O4/c1-13-10-15(6-9-17(13)21)19(20(25)27-3)23-12-18(24)22-11-14-4-7-16(26-2)8-5-14/h4-10,19,23H,11-12H2,1-3H3,(H,22,24)/t19-/m0/s1. The third kappa shape index (κ3) is 5.79. The summed E-state index contributed by atoms with van der Waals surface area (Å²) in [5.41, 5.74) is 1.86. The van der Waals surface area contributed by atoms with E-state index in [1.165, 1.54) is 19.2 Å². The summed E-state index contributed by atoms with van der Waals surface area (Å²) in [4.78, 5) is 24.1. The molecule has 2 aromatic rings. The van der Waals surface area contributed by atoms with Gasteiger partial charge in [0.1, 0.15) is 17.6 Å². The van der Waals surface area contributed by atoms with Gasteiger partial charge in [-0.3, -0.25) is 10.1 Å². The van der Waals surface area contributed by atoms with Crippen LogP contribution in [0.1, 0.15) is 22.7 Å². The summed E-state index contributed by atoms with van der Waals surface area (Å²) < 4.78 is 23.3. The van der Waals surface area contributed by atoms with Crippen molar-refractivity contribution >= 4 is 11.9 Å². The highest BCUT2D eigenvalue weighted by atomic mass is 19.1. The van der Waals surface area contributed by atoms with Gasteiger partial charge in [0.2, 0.25) is 5.91 Å². The zero-order chi connectivity index (χ0) is 19.8. The lowest BCUT2D eigenvalue weighted by molar-refractivity contribution is -0.143. The molecule has 0 saturated heterocycles. The quantitative estimate of drug-likeness (QED) is 0.693. The Balaban J connectivity index is 1.94. The van der Waals surface area contributed by atoms with E-state index in [2.05, 4.69) is 10.6 Å². The number of carbonyl (C=O) groups is 2. The highest BCUT2D eigenvalue weighted by Gasteiger charge is 2.22. The fourth-order valence-corrected chi connectivity index (χ4v) is 2.50. The number of esters is 1. The van der Waals surface area contributed by atoms with E-state index in [1.54, 1.807) is 20.1 Å². The predicted molar refractivity (Wildman–Crippen MR) is 98.7 cm³/mol. The van der Waals surface area contributed by atoms with E-state index in [0.29, 0.717) is 17.7 Å². The smallest absolute Gasteiger partial charge is 0.327 e.